The zero-order chi connectivity index (χ0) is 30.6. The molecular weight excluding hydrogens is 524 g/mol. The van der Waals surface area contributed by atoms with Gasteiger partial charge in [0.1, 0.15) is 24.2 Å². The normalized spacial score (nSPS) is 12.3. The van der Waals surface area contributed by atoms with Gasteiger partial charge in [0, 0.05) is 13.0 Å². The maximum atomic E-state index is 14.2. The van der Waals surface area contributed by atoms with E-state index in [0.717, 1.165) is 16.7 Å². The van der Waals surface area contributed by atoms with E-state index in [1.165, 1.54) is 4.90 Å². The van der Waals surface area contributed by atoms with E-state index in [4.69, 9.17) is 9.47 Å². The highest BCUT2D eigenvalue weighted by molar-refractivity contribution is 5.93. The number of hydrogen-bond donors (Lipinski definition) is 2. The molecule has 0 saturated carbocycles. The Balaban J connectivity index is 2.52. The number of carbonyl (C=O) groups excluding carboxylic acids is 4. The van der Waals surface area contributed by atoms with Gasteiger partial charge in [0.2, 0.25) is 11.8 Å². The first-order valence-corrected chi connectivity index (χ1v) is 13.6. The molecule has 0 spiro atoms. The minimum absolute atomic E-state index is 0.0166. The topological polar surface area (TPSA) is 138 Å². The molecule has 0 aliphatic heterocycles. The van der Waals surface area contributed by atoms with Crippen LogP contribution >= 0.6 is 0 Å². The van der Waals surface area contributed by atoms with Gasteiger partial charge in [0.15, 0.2) is 0 Å². The van der Waals surface area contributed by atoms with E-state index in [9.17, 15) is 24.4 Å². The molecule has 3 amide bonds. The Labute approximate surface area is 242 Å². The summed E-state index contributed by atoms with van der Waals surface area (Å²) in [5.41, 5.74) is 2.00. The molecule has 10 nitrogen and oxygen atoms in total. The van der Waals surface area contributed by atoms with E-state index in [-0.39, 0.29) is 26.0 Å². The van der Waals surface area contributed by atoms with Crippen LogP contribution < -0.4 is 10.6 Å². The Bertz CT molecular complexity index is 1230. The standard InChI is InChI=1S/C31H40N4O6/c1-7-40-25(36)16-18-33-28(37)27(26-21(2)12-11-13-22(26)3)35(19-17-32)29(38)24(20-23-14-9-8-10-15-23)34-30(39)41-31(4,5)6/h8-15,24,27H,7,16,18-20H2,1-6H3,(H,33,37)(H,34,39). The molecule has 2 aromatic rings. The van der Waals surface area contributed by atoms with Crippen LogP contribution in [0.25, 0.3) is 0 Å². The molecule has 0 aliphatic carbocycles. The summed E-state index contributed by atoms with van der Waals surface area (Å²) in [6, 6.07) is 14.2. The molecule has 2 aromatic carbocycles. The van der Waals surface area contributed by atoms with Gasteiger partial charge in [-0.2, -0.15) is 5.26 Å². The predicted molar refractivity (Wildman–Crippen MR) is 154 cm³/mol. The largest absolute Gasteiger partial charge is 0.466 e. The van der Waals surface area contributed by atoms with Gasteiger partial charge in [-0.3, -0.25) is 14.4 Å². The number of rotatable bonds is 12. The maximum Gasteiger partial charge on any atom is 0.408 e. The van der Waals surface area contributed by atoms with Crippen molar-refractivity contribution in [1.82, 2.24) is 15.5 Å². The van der Waals surface area contributed by atoms with Gasteiger partial charge in [0.05, 0.1) is 19.1 Å². The van der Waals surface area contributed by atoms with Crippen LogP contribution in [0.2, 0.25) is 0 Å². The third-order valence-corrected chi connectivity index (χ3v) is 6.11. The van der Waals surface area contributed by atoms with Crippen molar-refractivity contribution >= 4 is 23.9 Å². The van der Waals surface area contributed by atoms with Gasteiger partial charge in [-0.05, 0) is 63.8 Å². The van der Waals surface area contributed by atoms with Gasteiger partial charge in [-0.25, -0.2) is 4.79 Å². The third-order valence-electron chi connectivity index (χ3n) is 6.11. The van der Waals surface area contributed by atoms with E-state index in [1.807, 2.05) is 68.4 Å². The number of nitrogens with one attached hydrogen (secondary N) is 2. The van der Waals surface area contributed by atoms with Crippen molar-refractivity contribution in [3.8, 4) is 6.07 Å². The molecule has 0 aromatic heterocycles. The third kappa shape index (κ3) is 10.3. The molecule has 0 bridgehead atoms. The average molecular weight is 565 g/mol. The summed E-state index contributed by atoms with van der Waals surface area (Å²) in [5, 5.41) is 15.1. The summed E-state index contributed by atoms with van der Waals surface area (Å²) < 4.78 is 10.4. The van der Waals surface area contributed by atoms with Crippen LogP contribution in [0, 0.1) is 25.2 Å². The van der Waals surface area contributed by atoms with E-state index in [1.54, 1.807) is 27.7 Å². The predicted octanol–water partition coefficient (Wildman–Crippen LogP) is 3.90. The molecule has 0 aliphatic rings. The number of ether oxygens (including phenoxy) is 2. The highest BCUT2D eigenvalue weighted by Gasteiger charge is 2.37. The summed E-state index contributed by atoms with van der Waals surface area (Å²) >= 11 is 0. The number of alkyl carbamates (subject to hydrolysis) is 1. The first kappa shape index (κ1) is 32.8. The molecule has 2 rings (SSSR count). The molecular formula is C31H40N4O6. The SMILES string of the molecule is CCOC(=O)CCNC(=O)C(c1c(C)cccc1C)N(CC#N)C(=O)C(Cc1ccccc1)NC(=O)OC(C)(C)C. The van der Waals surface area contributed by atoms with E-state index < -0.39 is 48.1 Å². The Morgan fingerprint density at radius 1 is 1.00 bits per heavy atom. The summed E-state index contributed by atoms with van der Waals surface area (Å²) in [6.07, 6.45) is -0.751. The van der Waals surface area contributed by atoms with E-state index in [0.29, 0.717) is 5.56 Å². The molecule has 0 heterocycles. The summed E-state index contributed by atoms with van der Waals surface area (Å²) in [6.45, 7) is 10.2. The van der Waals surface area contributed by atoms with Gasteiger partial charge >= 0.3 is 12.1 Å². The second kappa shape index (κ2) is 15.4. The van der Waals surface area contributed by atoms with Crippen molar-refractivity contribution in [3.05, 3.63) is 70.8 Å². The van der Waals surface area contributed by atoms with Crippen LogP contribution in [0.4, 0.5) is 4.79 Å². The van der Waals surface area contributed by atoms with Crippen molar-refractivity contribution < 1.29 is 28.7 Å². The number of nitrogens with zero attached hydrogens (tertiary/aromatic N) is 2. The van der Waals surface area contributed by atoms with E-state index in [2.05, 4.69) is 10.6 Å². The fourth-order valence-electron chi connectivity index (χ4n) is 4.38. The molecule has 0 fully saturated rings. The van der Waals surface area contributed by atoms with Gasteiger partial charge in [-0.15, -0.1) is 0 Å². The second-order valence-corrected chi connectivity index (χ2v) is 10.6. The van der Waals surface area contributed by atoms with Crippen molar-refractivity contribution in [2.45, 2.75) is 72.1 Å². The quantitative estimate of drug-likeness (QED) is 0.295. The minimum Gasteiger partial charge on any atom is -0.466 e. The number of hydrogen-bond acceptors (Lipinski definition) is 7. The Morgan fingerprint density at radius 2 is 1.63 bits per heavy atom. The second-order valence-electron chi connectivity index (χ2n) is 10.6. The first-order valence-electron chi connectivity index (χ1n) is 13.6. The fourth-order valence-corrected chi connectivity index (χ4v) is 4.38. The van der Waals surface area contributed by atoms with Crippen molar-refractivity contribution in [2.75, 3.05) is 19.7 Å². The number of nitriles is 1. The molecule has 41 heavy (non-hydrogen) atoms. The van der Waals surface area contributed by atoms with Crippen LogP contribution in [0.1, 0.15) is 62.4 Å². The van der Waals surface area contributed by atoms with E-state index >= 15 is 0 Å². The molecule has 0 saturated heterocycles. The number of amides is 3. The highest BCUT2D eigenvalue weighted by Crippen LogP contribution is 2.29. The Kier molecular flexibility index (Phi) is 12.3. The Morgan fingerprint density at radius 3 is 2.20 bits per heavy atom. The van der Waals surface area contributed by atoms with Gasteiger partial charge in [0.25, 0.3) is 0 Å². The maximum absolute atomic E-state index is 14.2. The van der Waals surface area contributed by atoms with Crippen LogP contribution in [-0.2, 0) is 30.3 Å². The monoisotopic (exact) mass is 564 g/mol. The lowest BCUT2D eigenvalue weighted by atomic mass is 9.93. The zero-order valence-corrected chi connectivity index (χ0v) is 24.7. The first-order chi connectivity index (χ1) is 19.4. The molecule has 2 atom stereocenters. The summed E-state index contributed by atoms with van der Waals surface area (Å²) in [4.78, 5) is 53.7. The highest BCUT2D eigenvalue weighted by atomic mass is 16.6. The van der Waals surface area contributed by atoms with Crippen molar-refractivity contribution in [3.63, 3.8) is 0 Å². The van der Waals surface area contributed by atoms with Crippen LogP contribution in [-0.4, -0.2) is 60.1 Å². The molecule has 0 radical (unpaired) electrons. The smallest absolute Gasteiger partial charge is 0.408 e. The molecule has 220 valence electrons. The van der Waals surface area contributed by atoms with Gasteiger partial charge in [-0.1, -0.05) is 48.5 Å². The van der Waals surface area contributed by atoms with Gasteiger partial charge < -0.3 is 25.0 Å². The fraction of sp³-hybridized carbons (Fsp3) is 0.452. The average Bonchev–Trinajstić information content (AvgIpc) is 2.88. The zero-order valence-electron chi connectivity index (χ0n) is 24.7. The lowest BCUT2D eigenvalue weighted by molar-refractivity contribution is -0.144. The number of aryl methyl sites for hydroxylation is 2. The molecule has 2 unspecified atom stereocenters. The number of esters is 1. The van der Waals surface area contributed by atoms with Crippen LogP contribution in [0.15, 0.2) is 48.5 Å². The van der Waals surface area contributed by atoms with Crippen molar-refractivity contribution in [1.29, 1.82) is 5.26 Å². The Hall–Kier alpha value is -4.39. The van der Waals surface area contributed by atoms with Crippen LogP contribution in [0.5, 0.6) is 0 Å². The van der Waals surface area contributed by atoms with Crippen LogP contribution in [0.3, 0.4) is 0 Å². The summed E-state index contributed by atoms with van der Waals surface area (Å²) in [5.74, 6) is -1.66. The number of benzene rings is 2. The molecule has 10 heteroatoms. The number of carbonyl (C=O) groups is 4. The minimum atomic E-state index is -1.20. The van der Waals surface area contributed by atoms with Crippen molar-refractivity contribution in [2.24, 2.45) is 0 Å². The summed E-state index contributed by atoms with van der Waals surface area (Å²) in [7, 11) is 0. The lowest BCUT2D eigenvalue weighted by Gasteiger charge is -2.34. The molecule has 2 N–H and O–H groups in total. The lowest BCUT2D eigenvalue weighted by Crippen LogP contribution is -2.54.